The number of ether oxygens (including phenoxy) is 1. The highest BCUT2D eigenvalue weighted by Crippen LogP contribution is 2.21. The van der Waals surface area contributed by atoms with Crippen LogP contribution in [0.4, 0.5) is 19.3 Å². The van der Waals surface area contributed by atoms with Gasteiger partial charge in [0.05, 0.1) is 25.0 Å². The summed E-state index contributed by atoms with van der Waals surface area (Å²) in [7, 11) is 1.26. The molecule has 3 N–H and O–H groups in total. The molecule has 1 aliphatic heterocycles. The number of halogens is 2. The molecular weight excluding hydrogens is 466 g/mol. The van der Waals surface area contributed by atoms with Crippen LogP contribution in [0.25, 0.3) is 0 Å². The van der Waals surface area contributed by atoms with Crippen LogP contribution in [0.5, 0.6) is 0 Å². The summed E-state index contributed by atoms with van der Waals surface area (Å²) in [5.41, 5.74) is -0.229. The van der Waals surface area contributed by atoms with Crippen molar-refractivity contribution in [2.75, 3.05) is 25.5 Å². The highest BCUT2D eigenvalue weighted by Gasteiger charge is 2.43. The number of benzene rings is 1. The predicted octanol–water partition coefficient (Wildman–Crippen LogP) is 1.23. The number of urea groups is 1. The Hall–Kier alpha value is -4.16. The van der Waals surface area contributed by atoms with Crippen molar-refractivity contribution < 1.29 is 32.7 Å². The van der Waals surface area contributed by atoms with Gasteiger partial charge < -0.3 is 25.6 Å². The molecule has 0 unspecified atom stereocenters. The van der Waals surface area contributed by atoms with Gasteiger partial charge >= 0.3 is 12.0 Å². The Morgan fingerprint density at radius 3 is 2.69 bits per heavy atom. The number of aromatic nitrogens is 2. The zero-order valence-electron chi connectivity index (χ0n) is 18.8. The van der Waals surface area contributed by atoms with Crippen LogP contribution in [0.3, 0.4) is 0 Å². The molecule has 1 aromatic heterocycles. The van der Waals surface area contributed by atoms with E-state index in [0.717, 1.165) is 12.1 Å². The van der Waals surface area contributed by atoms with Crippen molar-refractivity contribution in [3.8, 4) is 0 Å². The second-order valence-electron chi connectivity index (χ2n) is 7.62. The Kier molecular flexibility index (Phi) is 8.59. The maximum atomic E-state index is 13.9. The van der Waals surface area contributed by atoms with Gasteiger partial charge in [0.25, 0.3) is 5.91 Å². The summed E-state index contributed by atoms with van der Waals surface area (Å²) in [6, 6.07) is -0.0881. The number of carbonyl (C=O) groups excluding carboxylic acids is 4. The number of amides is 4. The minimum Gasteiger partial charge on any atom is -0.469 e. The van der Waals surface area contributed by atoms with Crippen molar-refractivity contribution in [1.29, 1.82) is 0 Å². The third-order valence-corrected chi connectivity index (χ3v) is 5.29. The Balaban J connectivity index is 1.71. The second kappa shape index (κ2) is 11.8. The van der Waals surface area contributed by atoms with Gasteiger partial charge in [0.1, 0.15) is 23.4 Å². The number of esters is 1. The highest BCUT2D eigenvalue weighted by molar-refractivity contribution is 5.97. The largest absolute Gasteiger partial charge is 0.469 e. The van der Waals surface area contributed by atoms with Gasteiger partial charge in [0.2, 0.25) is 5.91 Å². The standard InChI is InChI=1S/C22H24F2N6O5/c1-35-18(31)3-2-7-27-20(32)19-16(6-10-30(19)21(33)17-12-25-8-9-26-17)29-22(34)28-15-5-4-13(23)11-14(15)24/h4-5,8-9,11-12,16,19H,2-3,6-7,10H2,1H3,(H,27,32)(H2,28,29,34)/t16-,19-/m0/s1. The molecule has 1 fully saturated rings. The van der Waals surface area contributed by atoms with Gasteiger partial charge in [-0.1, -0.05) is 0 Å². The van der Waals surface area contributed by atoms with E-state index in [1.807, 2.05) is 0 Å². The molecule has 2 heterocycles. The number of anilines is 1. The van der Waals surface area contributed by atoms with Gasteiger partial charge in [-0.15, -0.1) is 0 Å². The van der Waals surface area contributed by atoms with Gasteiger partial charge in [-0.25, -0.2) is 18.6 Å². The van der Waals surface area contributed by atoms with Crippen LogP contribution in [-0.2, 0) is 14.3 Å². The molecule has 13 heteroatoms. The van der Waals surface area contributed by atoms with Crippen molar-refractivity contribution in [2.24, 2.45) is 0 Å². The van der Waals surface area contributed by atoms with Crippen LogP contribution in [0.2, 0.25) is 0 Å². The molecule has 4 amide bonds. The van der Waals surface area contributed by atoms with Crippen LogP contribution in [0.1, 0.15) is 29.8 Å². The fourth-order valence-corrected chi connectivity index (χ4v) is 3.62. The fraction of sp³-hybridized carbons (Fsp3) is 0.364. The number of hydrogen-bond donors (Lipinski definition) is 3. The molecule has 2 aromatic rings. The zero-order chi connectivity index (χ0) is 25.4. The summed E-state index contributed by atoms with van der Waals surface area (Å²) in [5.74, 6) is -3.30. The molecule has 3 rings (SSSR count). The second-order valence-corrected chi connectivity index (χ2v) is 7.62. The fourth-order valence-electron chi connectivity index (χ4n) is 3.62. The molecule has 1 aliphatic rings. The van der Waals surface area contributed by atoms with E-state index in [2.05, 4.69) is 30.7 Å². The predicted molar refractivity (Wildman–Crippen MR) is 118 cm³/mol. The Morgan fingerprint density at radius 2 is 2.00 bits per heavy atom. The van der Waals surface area contributed by atoms with Crippen molar-refractivity contribution >= 4 is 29.5 Å². The molecule has 2 atom stereocenters. The Bertz CT molecular complexity index is 1090. The van der Waals surface area contributed by atoms with Crippen molar-refractivity contribution in [1.82, 2.24) is 25.5 Å². The monoisotopic (exact) mass is 490 g/mol. The smallest absolute Gasteiger partial charge is 0.319 e. The summed E-state index contributed by atoms with van der Waals surface area (Å²) in [6.45, 7) is 0.267. The molecule has 1 aromatic carbocycles. The first-order chi connectivity index (χ1) is 16.8. The topological polar surface area (TPSA) is 143 Å². The maximum absolute atomic E-state index is 13.9. The first-order valence-corrected chi connectivity index (χ1v) is 10.7. The minimum atomic E-state index is -1.11. The average Bonchev–Trinajstić information content (AvgIpc) is 3.26. The lowest BCUT2D eigenvalue weighted by molar-refractivity contribution is -0.140. The summed E-state index contributed by atoms with van der Waals surface area (Å²) >= 11 is 0. The lowest BCUT2D eigenvalue weighted by atomic mass is 10.1. The third-order valence-electron chi connectivity index (χ3n) is 5.29. The van der Waals surface area contributed by atoms with Crippen LogP contribution in [0.15, 0.2) is 36.8 Å². The van der Waals surface area contributed by atoms with Crippen molar-refractivity contribution in [3.05, 3.63) is 54.1 Å². The summed E-state index contributed by atoms with van der Waals surface area (Å²) in [5, 5.41) is 7.51. The number of likely N-dealkylation sites (tertiary alicyclic amines) is 1. The van der Waals surface area contributed by atoms with Gasteiger partial charge in [-0.05, 0) is 25.0 Å². The number of nitrogens with one attached hydrogen (secondary N) is 3. The number of methoxy groups -OCH3 is 1. The summed E-state index contributed by atoms with van der Waals surface area (Å²) in [6.07, 6.45) is 4.63. The number of rotatable bonds is 8. The minimum absolute atomic E-state index is 0.0227. The van der Waals surface area contributed by atoms with E-state index in [1.165, 1.54) is 30.6 Å². The van der Waals surface area contributed by atoms with E-state index in [0.29, 0.717) is 12.5 Å². The van der Waals surface area contributed by atoms with E-state index in [9.17, 15) is 28.0 Å². The zero-order valence-corrected chi connectivity index (χ0v) is 18.8. The molecule has 35 heavy (non-hydrogen) atoms. The van der Waals surface area contributed by atoms with Crippen LogP contribution >= 0.6 is 0 Å². The van der Waals surface area contributed by atoms with Crippen LogP contribution in [-0.4, -0.2) is 71.0 Å². The lowest BCUT2D eigenvalue weighted by Gasteiger charge is -2.27. The Morgan fingerprint density at radius 1 is 1.20 bits per heavy atom. The van der Waals surface area contributed by atoms with E-state index >= 15 is 0 Å². The number of carbonyl (C=O) groups is 4. The van der Waals surface area contributed by atoms with Crippen molar-refractivity contribution in [3.63, 3.8) is 0 Å². The normalized spacial score (nSPS) is 16.9. The molecular formula is C22H24F2N6O5. The quantitative estimate of drug-likeness (QED) is 0.373. The molecule has 1 saturated heterocycles. The van der Waals surface area contributed by atoms with Crippen LogP contribution < -0.4 is 16.0 Å². The SMILES string of the molecule is COC(=O)CCCNC(=O)[C@@H]1[C@@H](NC(=O)Nc2ccc(F)cc2F)CCN1C(=O)c1cnccn1. The molecule has 0 bridgehead atoms. The van der Waals surface area contributed by atoms with Gasteiger partial charge in [-0.2, -0.15) is 0 Å². The summed E-state index contributed by atoms with van der Waals surface area (Å²) < 4.78 is 31.6. The first-order valence-electron chi connectivity index (χ1n) is 10.7. The molecule has 186 valence electrons. The maximum Gasteiger partial charge on any atom is 0.319 e. The highest BCUT2D eigenvalue weighted by atomic mass is 19.1. The first kappa shape index (κ1) is 25.5. The molecule has 0 spiro atoms. The summed E-state index contributed by atoms with van der Waals surface area (Å²) in [4.78, 5) is 58.9. The van der Waals surface area contributed by atoms with E-state index in [1.54, 1.807) is 0 Å². The molecule has 0 saturated carbocycles. The third kappa shape index (κ3) is 6.68. The number of hydrogen-bond acceptors (Lipinski definition) is 7. The van der Waals surface area contributed by atoms with E-state index in [4.69, 9.17) is 0 Å². The molecule has 0 radical (unpaired) electrons. The van der Waals surface area contributed by atoms with E-state index in [-0.39, 0.29) is 37.3 Å². The van der Waals surface area contributed by atoms with Gasteiger partial charge in [0.15, 0.2) is 0 Å². The van der Waals surface area contributed by atoms with Gasteiger partial charge in [0, 0.05) is 38.0 Å². The Labute approximate surface area is 199 Å². The molecule has 0 aliphatic carbocycles. The van der Waals surface area contributed by atoms with Gasteiger partial charge in [-0.3, -0.25) is 19.4 Å². The molecule has 11 nitrogen and oxygen atoms in total. The lowest BCUT2D eigenvalue weighted by Crippen LogP contribution is -2.55. The van der Waals surface area contributed by atoms with Crippen molar-refractivity contribution in [2.45, 2.75) is 31.3 Å². The van der Waals surface area contributed by atoms with E-state index < -0.39 is 47.5 Å². The average molecular weight is 490 g/mol. The van der Waals surface area contributed by atoms with Crippen LogP contribution in [0, 0.1) is 11.6 Å². The number of nitrogens with zero attached hydrogens (tertiary/aromatic N) is 3.